The number of aromatic nitrogens is 2. The Hall–Kier alpha value is -2.73. The number of pyridine rings is 1. The van der Waals surface area contributed by atoms with E-state index in [1.54, 1.807) is 31.5 Å². The summed E-state index contributed by atoms with van der Waals surface area (Å²) in [6.45, 7) is 0.503. The lowest BCUT2D eigenvalue weighted by atomic mass is 10.1. The molecule has 3 aromatic rings. The third-order valence-electron chi connectivity index (χ3n) is 3.91. The minimum absolute atomic E-state index is 0.307. The topological polar surface area (TPSA) is 68.2 Å². The Balaban J connectivity index is 1.60. The highest BCUT2D eigenvalue weighted by Crippen LogP contribution is 2.27. The molecule has 0 radical (unpaired) electrons. The molecule has 130 valence electrons. The Morgan fingerprint density at radius 1 is 1.36 bits per heavy atom. The summed E-state index contributed by atoms with van der Waals surface area (Å²) in [6, 6.07) is 8.71. The molecule has 2 aromatic heterocycles. The predicted octanol–water partition coefficient (Wildman–Crippen LogP) is 3.60. The fourth-order valence-electron chi connectivity index (χ4n) is 2.75. The first-order chi connectivity index (χ1) is 12.1. The molecule has 0 saturated heterocycles. The fraction of sp³-hybridized carbons (Fsp3) is 0.222. The number of benzene rings is 1. The van der Waals surface area contributed by atoms with Gasteiger partial charge in [-0.1, -0.05) is 11.6 Å². The third-order valence-corrected chi connectivity index (χ3v) is 4.14. The number of anilines is 1. The van der Waals surface area contributed by atoms with Crippen molar-refractivity contribution in [2.75, 3.05) is 19.0 Å². The van der Waals surface area contributed by atoms with Crippen LogP contribution >= 0.6 is 11.6 Å². The van der Waals surface area contributed by atoms with Crippen LogP contribution in [0, 0.1) is 0 Å². The summed E-state index contributed by atoms with van der Waals surface area (Å²) < 4.78 is 7.20. The molecule has 0 atom stereocenters. The zero-order valence-electron chi connectivity index (χ0n) is 14.0. The highest BCUT2D eigenvalue weighted by molar-refractivity contribution is 6.31. The van der Waals surface area contributed by atoms with Gasteiger partial charge in [0.25, 0.3) is 0 Å². The summed E-state index contributed by atoms with van der Waals surface area (Å²) in [4.78, 5) is 16.5. The number of nitrogens with one attached hydrogen (secondary N) is 2. The van der Waals surface area contributed by atoms with E-state index in [1.807, 2.05) is 29.9 Å². The number of urea groups is 1. The molecule has 0 bridgehead atoms. The molecule has 25 heavy (non-hydrogen) atoms. The van der Waals surface area contributed by atoms with Gasteiger partial charge in [-0.3, -0.25) is 0 Å². The first-order valence-corrected chi connectivity index (χ1v) is 8.23. The number of ether oxygens (including phenoxy) is 1. The zero-order valence-corrected chi connectivity index (χ0v) is 14.8. The number of carbonyl (C=O) groups excluding carboxylic acids is 1. The van der Waals surface area contributed by atoms with Crippen LogP contribution in [0.1, 0.15) is 5.56 Å². The second kappa shape index (κ2) is 7.44. The van der Waals surface area contributed by atoms with Crippen LogP contribution in [-0.2, 0) is 13.5 Å². The smallest absolute Gasteiger partial charge is 0.319 e. The molecule has 0 spiro atoms. The van der Waals surface area contributed by atoms with Crippen LogP contribution in [-0.4, -0.2) is 29.2 Å². The molecule has 2 heterocycles. The van der Waals surface area contributed by atoms with Gasteiger partial charge in [0.15, 0.2) is 0 Å². The lowest BCUT2D eigenvalue weighted by Gasteiger charge is -2.11. The highest BCUT2D eigenvalue weighted by atomic mass is 35.5. The second-order valence-corrected chi connectivity index (χ2v) is 6.05. The van der Waals surface area contributed by atoms with Gasteiger partial charge in [0.2, 0.25) is 0 Å². The average Bonchev–Trinajstić information content (AvgIpc) is 2.92. The normalized spacial score (nSPS) is 10.7. The van der Waals surface area contributed by atoms with Crippen LogP contribution in [0.25, 0.3) is 11.0 Å². The number of hydrogen-bond acceptors (Lipinski definition) is 3. The van der Waals surface area contributed by atoms with Crippen LogP contribution in [0.15, 0.2) is 42.7 Å². The van der Waals surface area contributed by atoms with Gasteiger partial charge in [-0.15, -0.1) is 0 Å². The molecule has 7 heteroatoms. The van der Waals surface area contributed by atoms with Crippen molar-refractivity contribution in [1.82, 2.24) is 14.9 Å². The summed E-state index contributed by atoms with van der Waals surface area (Å²) in [5.41, 5.74) is 2.61. The number of halogens is 1. The monoisotopic (exact) mass is 358 g/mol. The highest BCUT2D eigenvalue weighted by Gasteiger charge is 2.10. The van der Waals surface area contributed by atoms with E-state index in [0.29, 0.717) is 29.4 Å². The van der Waals surface area contributed by atoms with E-state index in [2.05, 4.69) is 15.6 Å². The van der Waals surface area contributed by atoms with Gasteiger partial charge < -0.3 is 19.9 Å². The van der Waals surface area contributed by atoms with E-state index >= 15 is 0 Å². The molecule has 3 rings (SSSR count). The van der Waals surface area contributed by atoms with E-state index in [-0.39, 0.29) is 6.03 Å². The summed E-state index contributed by atoms with van der Waals surface area (Å²) >= 11 is 5.96. The van der Waals surface area contributed by atoms with E-state index in [1.165, 1.54) is 0 Å². The molecule has 0 fully saturated rings. The number of methoxy groups -OCH3 is 1. The lowest BCUT2D eigenvalue weighted by Crippen LogP contribution is -2.30. The van der Waals surface area contributed by atoms with Gasteiger partial charge in [0.05, 0.1) is 12.8 Å². The zero-order chi connectivity index (χ0) is 17.8. The van der Waals surface area contributed by atoms with Crippen molar-refractivity contribution in [3.8, 4) is 5.75 Å². The quantitative estimate of drug-likeness (QED) is 0.732. The summed E-state index contributed by atoms with van der Waals surface area (Å²) in [6.07, 6.45) is 4.52. The lowest BCUT2D eigenvalue weighted by molar-refractivity contribution is 0.252. The molecular weight excluding hydrogens is 340 g/mol. The number of rotatable bonds is 5. The van der Waals surface area contributed by atoms with Crippen molar-refractivity contribution in [3.05, 3.63) is 53.3 Å². The molecule has 0 saturated carbocycles. The molecule has 2 N–H and O–H groups in total. The predicted molar refractivity (Wildman–Crippen MR) is 99.4 cm³/mol. The molecule has 0 aliphatic carbocycles. The number of hydrogen-bond donors (Lipinski definition) is 2. The molecular formula is C18H19ClN4O2. The van der Waals surface area contributed by atoms with Crippen molar-refractivity contribution in [3.63, 3.8) is 0 Å². The number of aryl methyl sites for hydroxylation is 1. The average molecular weight is 359 g/mol. The van der Waals surface area contributed by atoms with Crippen LogP contribution in [0.3, 0.4) is 0 Å². The SMILES string of the molecule is COc1ccc(Cl)cc1NC(=O)NCCc1cn(C)c2ncccc12. The van der Waals surface area contributed by atoms with Gasteiger partial charge >= 0.3 is 6.03 Å². The summed E-state index contributed by atoms with van der Waals surface area (Å²) in [5, 5.41) is 7.23. The standard InChI is InChI=1S/C18H19ClN4O2/c1-23-11-12(14-4-3-8-20-17(14)23)7-9-21-18(24)22-15-10-13(19)5-6-16(15)25-2/h3-6,8,10-11H,7,9H2,1-2H3,(H2,21,22,24). The van der Waals surface area contributed by atoms with E-state index < -0.39 is 0 Å². The van der Waals surface area contributed by atoms with Crippen molar-refractivity contribution in [1.29, 1.82) is 0 Å². The molecule has 0 aliphatic heterocycles. The fourth-order valence-corrected chi connectivity index (χ4v) is 2.92. The minimum atomic E-state index is -0.307. The minimum Gasteiger partial charge on any atom is -0.495 e. The maximum Gasteiger partial charge on any atom is 0.319 e. The molecule has 1 aromatic carbocycles. The van der Waals surface area contributed by atoms with Crippen molar-refractivity contribution < 1.29 is 9.53 Å². The first-order valence-electron chi connectivity index (χ1n) is 7.86. The van der Waals surface area contributed by atoms with Crippen molar-refractivity contribution in [2.24, 2.45) is 7.05 Å². The van der Waals surface area contributed by atoms with Gasteiger partial charge in [-0.05, 0) is 42.3 Å². The van der Waals surface area contributed by atoms with E-state index in [9.17, 15) is 4.79 Å². The summed E-state index contributed by atoms with van der Waals surface area (Å²) in [5.74, 6) is 0.555. The third kappa shape index (κ3) is 3.85. The van der Waals surface area contributed by atoms with Gasteiger partial charge in [0.1, 0.15) is 11.4 Å². The summed E-state index contributed by atoms with van der Waals surface area (Å²) in [7, 11) is 3.51. The Morgan fingerprint density at radius 2 is 2.20 bits per heavy atom. The number of nitrogens with zero attached hydrogens (tertiary/aromatic N) is 2. The Morgan fingerprint density at radius 3 is 3.00 bits per heavy atom. The molecule has 0 aliphatic rings. The Kier molecular flexibility index (Phi) is 5.09. The van der Waals surface area contributed by atoms with Crippen LogP contribution in [0.5, 0.6) is 5.75 Å². The first kappa shape index (κ1) is 17.1. The maximum absolute atomic E-state index is 12.1. The van der Waals surface area contributed by atoms with Crippen molar-refractivity contribution >= 4 is 34.4 Å². The molecule has 6 nitrogen and oxygen atoms in total. The van der Waals surface area contributed by atoms with Crippen LogP contribution < -0.4 is 15.4 Å². The maximum atomic E-state index is 12.1. The van der Waals surface area contributed by atoms with E-state index in [4.69, 9.17) is 16.3 Å². The van der Waals surface area contributed by atoms with Gasteiger partial charge in [-0.2, -0.15) is 0 Å². The number of amides is 2. The second-order valence-electron chi connectivity index (χ2n) is 5.62. The Bertz CT molecular complexity index is 907. The number of carbonyl (C=O) groups is 1. The van der Waals surface area contributed by atoms with Gasteiger partial charge in [-0.25, -0.2) is 9.78 Å². The van der Waals surface area contributed by atoms with E-state index in [0.717, 1.165) is 16.6 Å². The van der Waals surface area contributed by atoms with Crippen LogP contribution in [0.2, 0.25) is 5.02 Å². The van der Waals surface area contributed by atoms with Crippen molar-refractivity contribution in [2.45, 2.75) is 6.42 Å². The molecule has 0 unspecified atom stereocenters. The Labute approximate surface area is 150 Å². The largest absolute Gasteiger partial charge is 0.495 e. The number of fused-ring (bicyclic) bond motifs is 1. The van der Waals surface area contributed by atoms with Crippen LogP contribution in [0.4, 0.5) is 10.5 Å². The van der Waals surface area contributed by atoms with Gasteiger partial charge in [0, 0.05) is 36.4 Å². The molecule has 2 amide bonds.